The van der Waals surface area contributed by atoms with Crippen LogP contribution in [0.3, 0.4) is 0 Å². The molecule has 1 rings (SSSR count). The summed E-state index contributed by atoms with van der Waals surface area (Å²) < 4.78 is 24.9. The number of aldehydes is 1. The van der Waals surface area contributed by atoms with Crippen LogP contribution in [0.15, 0.2) is 12.1 Å². The number of carboxylic acid groups (broad SMARTS) is 1. The van der Waals surface area contributed by atoms with Crippen LogP contribution in [-0.4, -0.2) is 17.4 Å². The number of halogens is 2. The lowest BCUT2D eigenvalue weighted by molar-refractivity contribution is 0.0696. The van der Waals surface area contributed by atoms with Gasteiger partial charge in [-0.1, -0.05) is 0 Å². The summed E-state index contributed by atoms with van der Waals surface area (Å²) in [6, 6.07) is 2.99. The Labute approximate surface area is 88.7 Å². The molecule has 0 aliphatic heterocycles. The molecule has 0 spiro atoms. The van der Waals surface area contributed by atoms with Gasteiger partial charge in [-0.25, -0.2) is 13.6 Å². The largest absolute Gasteiger partial charge is 0.478 e. The lowest BCUT2D eigenvalue weighted by Crippen LogP contribution is -2.04. The fourth-order valence-corrected chi connectivity index (χ4v) is 1.19. The molecule has 4 nitrogen and oxygen atoms in total. The van der Waals surface area contributed by atoms with Crippen molar-refractivity contribution in [2.24, 2.45) is 0 Å². The highest BCUT2D eigenvalue weighted by Crippen LogP contribution is 2.25. The Hall–Kier alpha value is -2.29. The van der Waals surface area contributed by atoms with E-state index in [-0.39, 0.29) is 6.29 Å². The number of carbonyl (C=O) groups is 2. The molecule has 0 aliphatic carbocycles. The molecular weight excluding hydrogens is 220 g/mol. The number of carbonyl (C=O) groups excluding carboxylic acids is 1. The molecule has 0 saturated carbocycles. The fourth-order valence-electron chi connectivity index (χ4n) is 1.19. The summed E-state index contributed by atoms with van der Waals surface area (Å²) in [5.41, 5.74) is -1.93. The van der Waals surface area contributed by atoms with E-state index in [9.17, 15) is 18.4 Å². The van der Waals surface area contributed by atoms with Crippen LogP contribution in [0.1, 0.15) is 38.3 Å². The molecule has 0 atom stereocenters. The van der Waals surface area contributed by atoms with Crippen molar-refractivity contribution < 1.29 is 23.5 Å². The second kappa shape index (κ2) is 4.49. The van der Waals surface area contributed by atoms with Crippen LogP contribution in [0, 0.1) is 11.3 Å². The summed E-state index contributed by atoms with van der Waals surface area (Å²) in [7, 11) is 0. The van der Waals surface area contributed by atoms with Crippen LogP contribution >= 0.6 is 0 Å². The molecule has 1 aromatic carbocycles. The van der Waals surface area contributed by atoms with Crippen molar-refractivity contribution in [2.45, 2.75) is 6.43 Å². The first-order valence-electron chi connectivity index (χ1n) is 4.06. The zero-order valence-corrected chi connectivity index (χ0v) is 7.78. The van der Waals surface area contributed by atoms with Gasteiger partial charge in [0.25, 0.3) is 6.43 Å². The van der Waals surface area contributed by atoms with E-state index in [1.165, 1.54) is 6.07 Å². The minimum absolute atomic E-state index is 0.134. The summed E-state index contributed by atoms with van der Waals surface area (Å²) in [5, 5.41) is 17.3. The standard InChI is InChI=1S/C10H5F2NO3/c11-9(12)7-1-5(3-13)8(10(15)16)2-6(7)4-14/h1-2,4,9H,(H,15,16). The smallest absolute Gasteiger partial charge is 0.337 e. The third-order valence-corrected chi connectivity index (χ3v) is 1.94. The molecule has 82 valence electrons. The predicted octanol–water partition coefficient (Wildman–Crippen LogP) is 2.01. The van der Waals surface area contributed by atoms with Gasteiger partial charge in [-0.3, -0.25) is 4.79 Å². The Balaban J connectivity index is 3.54. The van der Waals surface area contributed by atoms with Crippen LogP contribution in [0.4, 0.5) is 8.78 Å². The minimum atomic E-state index is -2.94. The lowest BCUT2D eigenvalue weighted by atomic mass is 10.00. The summed E-state index contributed by atoms with van der Waals surface area (Å²) in [6.45, 7) is 0. The Kier molecular flexibility index (Phi) is 3.30. The van der Waals surface area contributed by atoms with Crippen molar-refractivity contribution in [1.29, 1.82) is 5.26 Å². The quantitative estimate of drug-likeness (QED) is 0.798. The van der Waals surface area contributed by atoms with E-state index in [1.807, 2.05) is 0 Å². The van der Waals surface area contributed by atoms with Gasteiger partial charge >= 0.3 is 5.97 Å². The third kappa shape index (κ3) is 2.03. The maximum atomic E-state index is 12.4. The van der Waals surface area contributed by atoms with Crippen LogP contribution in [0.5, 0.6) is 0 Å². The number of hydrogen-bond donors (Lipinski definition) is 1. The number of alkyl halides is 2. The number of hydrogen-bond acceptors (Lipinski definition) is 3. The highest BCUT2D eigenvalue weighted by molar-refractivity contribution is 5.93. The van der Waals surface area contributed by atoms with E-state index < -0.39 is 34.6 Å². The van der Waals surface area contributed by atoms with Crippen molar-refractivity contribution in [3.63, 3.8) is 0 Å². The number of aromatic carboxylic acids is 1. The molecule has 0 radical (unpaired) electrons. The van der Waals surface area contributed by atoms with Crippen molar-refractivity contribution in [3.8, 4) is 6.07 Å². The number of benzene rings is 1. The van der Waals surface area contributed by atoms with Gasteiger partial charge in [0, 0.05) is 11.1 Å². The van der Waals surface area contributed by atoms with E-state index in [1.54, 1.807) is 0 Å². The van der Waals surface area contributed by atoms with Crippen LogP contribution in [0.2, 0.25) is 0 Å². The van der Waals surface area contributed by atoms with E-state index in [0.29, 0.717) is 0 Å². The van der Waals surface area contributed by atoms with Gasteiger partial charge in [-0.05, 0) is 12.1 Å². The SMILES string of the molecule is N#Cc1cc(C(F)F)c(C=O)cc1C(=O)O. The molecule has 16 heavy (non-hydrogen) atoms. The highest BCUT2D eigenvalue weighted by Gasteiger charge is 2.19. The highest BCUT2D eigenvalue weighted by atomic mass is 19.3. The van der Waals surface area contributed by atoms with Crippen LogP contribution in [-0.2, 0) is 0 Å². The molecule has 1 N–H and O–H groups in total. The first kappa shape index (κ1) is 11.8. The average molecular weight is 225 g/mol. The van der Waals surface area contributed by atoms with E-state index in [0.717, 1.165) is 12.1 Å². The maximum Gasteiger partial charge on any atom is 0.337 e. The Bertz CT molecular complexity index is 492. The molecule has 0 saturated heterocycles. The van der Waals surface area contributed by atoms with Crippen LogP contribution < -0.4 is 0 Å². The van der Waals surface area contributed by atoms with Gasteiger partial charge in [-0.15, -0.1) is 0 Å². The molecule has 0 heterocycles. The Morgan fingerprint density at radius 1 is 1.50 bits per heavy atom. The van der Waals surface area contributed by atoms with E-state index in [4.69, 9.17) is 10.4 Å². The molecule has 0 amide bonds. The molecule has 1 aromatic rings. The summed E-state index contributed by atoms with van der Waals surface area (Å²) in [5.74, 6) is -1.44. The second-order valence-corrected chi connectivity index (χ2v) is 2.86. The zero-order valence-electron chi connectivity index (χ0n) is 7.78. The molecule has 0 fully saturated rings. The van der Waals surface area contributed by atoms with E-state index in [2.05, 4.69) is 0 Å². The van der Waals surface area contributed by atoms with Gasteiger partial charge in [0.2, 0.25) is 0 Å². The predicted molar refractivity (Wildman–Crippen MR) is 48.5 cm³/mol. The van der Waals surface area contributed by atoms with Gasteiger partial charge in [-0.2, -0.15) is 5.26 Å². The lowest BCUT2D eigenvalue weighted by Gasteiger charge is -2.06. The van der Waals surface area contributed by atoms with Crippen LogP contribution in [0.25, 0.3) is 0 Å². The molecule has 0 aliphatic rings. The second-order valence-electron chi connectivity index (χ2n) is 2.86. The topological polar surface area (TPSA) is 78.2 Å². The van der Waals surface area contributed by atoms with Gasteiger partial charge in [0.1, 0.15) is 6.07 Å². The molecule has 6 heteroatoms. The molecule has 0 aromatic heterocycles. The van der Waals surface area contributed by atoms with Gasteiger partial charge in [0.15, 0.2) is 6.29 Å². The Morgan fingerprint density at radius 2 is 2.12 bits per heavy atom. The molecule has 0 unspecified atom stereocenters. The number of nitrogens with zero attached hydrogens (tertiary/aromatic N) is 1. The zero-order chi connectivity index (χ0) is 12.3. The Morgan fingerprint density at radius 3 is 2.50 bits per heavy atom. The van der Waals surface area contributed by atoms with E-state index >= 15 is 0 Å². The average Bonchev–Trinajstić information content (AvgIpc) is 2.26. The fraction of sp³-hybridized carbons (Fsp3) is 0.100. The summed E-state index contributed by atoms with van der Waals surface area (Å²) in [4.78, 5) is 21.2. The molecule has 0 bridgehead atoms. The normalized spacial score (nSPS) is 9.88. The van der Waals surface area contributed by atoms with Crippen molar-refractivity contribution in [3.05, 3.63) is 34.4 Å². The van der Waals surface area contributed by atoms with Gasteiger partial charge in [0.05, 0.1) is 11.1 Å². The summed E-state index contributed by atoms with van der Waals surface area (Å²) >= 11 is 0. The number of carboxylic acids is 1. The minimum Gasteiger partial charge on any atom is -0.478 e. The van der Waals surface area contributed by atoms with Gasteiger partial charge < -0.3 is 5.11 Å². The summed E-state index contributed by atoms with van der Waals surface area (Å²) in [6.07, 6.45) is -2.80. The first-order valence-corrected chi connectivity index (χ1v) is 4.06. The molecular formula is C10H5F2NO3. The number of rotatable bonds is 3. The number of nitriles is 1. The maximum absolute atomic E-state index is 12.4. The van der Waals surface area contributed by atoms with Crippen molar-refractivity contribution >= 4 is 12.3 Å². The first-order chi connectivity index (χ1) is 7.51. The third-order valence-electron chi connectivity index (χ3n) is 1.94. The van der Waals surface area contributed by atoms with Crippen molar-refractivity contribution in [1.82, 2.24) is 0 Å². The monoisotopic (exact) mass is 225 g/mol. The van der Waals surface area contributed by atoms with Crippen molar-refractivity contribution in [2.75, 3.05) is 0 Å².